The second-order valence-corrected chi connectivity index (χ2v) is 8.74. The highest BCUT2D eigenvalue weighted by Crippen LogP contribution is 2.20. The third-order valence-corrected chi connectivity index (χ3v) is 6.62. The van der Waals surface area contributed by atoms with E-state index >= 15 is 0 Å². The van der Waals surface area contributed by atoms with Gasteiger partial charge in [0.2, 0.25) is 0 Å². The molecular formula is C20H24N2O3S. The van der Waals surface area contributed by atoms with Gasteiger partial charge in [0.25, 0.3) is 5.91 Å². The van der Waals surface area contributed by atoms with Crippen molar-refractivity contribution in [1.29, 1.82) is 0 Å². The molecule has 1 N–H and O–H groups in total. The molecular weight excluding hydrogens is 348 g/mol. The average Bonchev–Trinajstić information content (AvgIpc) is 2.64. The lowest BCUT2D eigenvalue weighted by Gasteiger charge is -2.38. The molecule has 0 aromatic heterocycles. The maximum atomic E-state index is 12.9. The van der Waals surface area contributed by atoms with E-state index in [1.807, 2.05) is 36.9 Å². The quantitative estimate of drug-likeness (QED) is 0.895. The van der Waals surface area contributed by atoms with Crippen molar-refractivity contribution in [3.05, 3.63) is 65.7 Å². The van der Waals surface area contributed by atoms with E-state index in [1.165, 1.54) is 6.07 Å². The molecule has 1 heterocycles. The van der Waals surface area contributed by atoms with Crippen molar-refractivity contribution in [2.24, 2.45) is 0 Å². The van der Waals surface area contributed by atoms with Crippen LogP contribution in [0.2, 0.25) is 0 Å². The summed E-state index contributed by atoms with van der Waals surface area (Å²) in [6, 6.07) is 15.7. The Labute approximate surface area is 154 Å². The maximum Gasteiger partial charge on any atom is 0.254 e. The van der Waals surface area contributed by atoms with Crippen molar-refractivity contribution >= 4 is 15.7 Å². The van der Waals surface area contributed by atoms with Crippen molar-refractivity contribution in [2.45, 2.75) is 36.6 Å². The van der Waals surface area contributed by atoms with Gasteiger partial charge in [-0.3, -0.25) is 4.79 Å². The van der Waals surface area contributed by atoms with Crippen molar-refractivity contribution in [3.63, 3.8) is 0 Å². The van der Waals surface area contributed by atoms with E-state index in [0.717, 1.165) is 12.1 Å². The Morgan fingerprint density at radius 3 is 2.58 bits per heavy atom. The SMILES string of the molecule is CC1NCCN(C(=O)c2cccc(S(=O)(=O)Cc3ccccc3)c2)C1C. The molecule has 0 radical (unpaired) electrons. The van der Waals surface area contributed by atoms with Gasteiger partial charge in [0, 0.05) is 30.7 Å². The van der Waals surface area contributed by atoms with Gasteiger partial charge in [0.1, 0.15) is 0 Å². The molecule has 26 heavy (non-hydrogen) atoms. The molecule has 5 nitrogen and oxygen atoms in total. The van der Waals surface area contributed by atoms with E-state index in [9.17, 15) is 13.2 Å². The van der Waals surface area contributed by atoms with E-state index < -0.39 is 9.84 Å². The number of carbonyl (C=O) groups excluding carboxylic acids is 1. The third kappa shape index (κ3) is 3.97. The van der Waals surface area contributed by atoms with E-state index in [-0.39, 0.29) is 28.6 Å². The zero-order chi connectivity index (χ0) is 18.7. The number of nitrogens with zero attached hydrogens (tertiary/aromatic N) is 1. The average molecular weight is 372 g/mol. The van der Waals surface area contributed by atoms with Gasteiger partial charge < -0.3 is 10.2 Å². The van der Waals surface area contributed by atoms with Gasteiger partial charge in [-0.25, -0.2) is 8.42 Å². The molecule has 6 heteroatoms. The topological polar surface area (TPSA) is 66.5 Å². The van der Waals surface area contributed by atoms with Gasteiger partial charge in [-0.15, -0.1) is 0 Å². The monoisotopic (exact) mass is 372 g/mol. The van der Waals surface area contributed by atoms with Crippen molar-refractivity contribution in [1.82, 2.24) is 10.2 Å². The van der Waals surface area contributed by atoms with Crippen LogP contribution in [0.3, 0.4) is 0 Å². The number of amides is 1. The number of rotatable bonds is 4. The number of carbonyl (C=O) groups is 1. The van der Waals surface area contributed by atoms with Crippen LogP contribution in [-0.2, 0) is 15.6 Å². The summed E-state index contributed by atoms with van der Waals surface area (Å²) in [5.74, 6) is -0.199. The van der Waals surface area contributed by atoms with Crippen LogP contribution in [-0.4, -0.2) is 44.4 Å². The summed E-state index contributed by atoms with van der Waals surface area (Å²) in [5, 5.41) is 3.34. The molecule has 1 fully saturated rings. The van der Waals surface area contributed by atoms with Gasteiger partial charge in [-0.2, -0.15) is 0 Å². The molecule has 1 aliphatic rings. The van der Waals surface area contributed by atoms with Crippen LogP contribution in [0, 0.1) is 0 Å². The molecule has 2 aromatic carbocycles. The number of benzene rings is 2. The van der Waals surface area contributed by atoms with Gasteiger partial charge in [-0.1, -0.05) is 36.4 Å². The molecule has 3 rings (SSSR count). The second kappa shape index (κ2) is 7.60. The highest BCUT2D eigenvalue weighted by Gasteiger charge is 2.29. The Morgan fingerprint density at radius 1 is 1.12 bits per heavy atom. The molecule has 1 amide bonds. The Morgan fingerprint density at radius 2 is 1.85 bits per heavy atom. The molecule has 2 atom stereocenters. The standard InChI is InChI=1S/C20H24N2O3S/c1-15-16(2)22(12-11-21-15)20(23)18-9-6-10-19(13-18)26(24,25)14-17-7-4-3-5-8-17/h3-10,13,15-16,21H,11-12,14H2,1-2H3. The highest BCUT2D eigenvalue weighted by atomic mass is 32.2. The first-order valence-electron chi connectivity index (χ1n) is 8.79. The molecule has 0 bridgehead atoms. The number of hydrogen-bond acceptors (Lipinski definition) is 4. The number of piperazine rings is 1. The zero-order valence-electron chi connectivity index (χ0n) is 15.1. The molecule has 0 aliphatic carbocycles. The van der Waals surface area contributed by atoms with Crippen LogP contribution in [0.4, 0.5) is 0 Å². The van der Waals surface area contributed by atoms with Crippen LogP contribution in [0.15, 0.2) is 59.5 Å². The Bertz CT molecular complexity index is 881. The van der Waals surface area contributed by atoms with Gasteiger partial charge in [0.15, 0.2) is 9.84 Å². The molecule has 0 spiro atoms. The highest BCUT2D eigenvalue weighted by molar-refractivity contribution is 7.90. The van der Waals surface area contributed by atoms with E-state index in [0.29, 0.717) is 12.1 Å². The van der Waals surface area contributed by atoms with Gasteiger partial charge >= 0.3 is 0 Å². The summed E-state index contributed by atoms with van der Waals surface area (Å²) >= 11 is 0. The van der Waals surface area contributed by atoms with Crippen LogP contribution < -0.4 is 5.32 Å². The fourth-order valence-electron chi connectivity index (χ4n) is 3.21. The molecule has 2 aromatic rings. The molecule has 0 saturated carbocycles. The predicted octanol–water partition coefficient (Wildman–Crippen LogP) is 2.48. The molecule has 1 aliphatic heterocycles. The molecule has 1 saturated heterocycles. The first-order valence-corrected chi connectivity index (χ1v) is 10.4. The van der Waals surface area contributed by atoms with Gasteiger partial charge in [-0.05, 0) is 37.6 Å². The lowest BCUT2D eigenvalue weighted by atomic mass is 10.1. The number of hydrogen-bond donors (Lipinski definition) is 1. The summed E-state index contributed by atoms with van der Waals surface area (Å²) in [5.41, 5.74) is 1.15. The second-order valence-electron chi connectivity index (χ2n) is 6.75. The first kappa shape index (κ1) is 18.6. The minimum atomic E-state index is -3.51. The summed E-state index contributed by atoms with van der Waals surface area (Å²) in [4.78, 5) is 14.9. The van der Waals surface area contributed by atoms with E-state index in [2.05, 4.69) is 5.32 Å². The smallest absolute Gasteiger partial charge is 0.254 e. The number of sulfone groups is 1. The Hall–Kier alpha value is -2.18. The summed E-state index contributed by atoms with van der Waals surface area (Å²) in [7, 11) is -3.51. The first-order chi connectivity index (χ1) is 12.4. The lowest BCUT2D eigenvalue weighted by Crippen LogP contribution is -2.57. The lowest BCUT2D eigenvalue weighted by molar-refractivity contribution is 0.0602. The predicted molar refractivity (Wildman–Crippen MR) is 102 cm³/mol. The summed E-state index contributed by atoms with van der Waals surface area (Å²) in [6.07, 6.45) is 0. The number of nitrogens with one attached hydrogen (secondary N) is 1. The minimum Gasteiger partial charge on any atom is -0.333 e. The van der Waals surface area contributed by atoms with Crippen LogP contribution in [0.1, 0.15) is 29.8 Å². The van der Waals surface area contributed by atoms with Crippen molar-refractivity contribution in [3.8, 4) is 0 Å². The molecule has 2 unspecified atom stereocenters. The summed E-state index contributed by atoms with van der Waals surface area (Å²) in [6.45, 7) is 5.41. The van der Waals surface area contributed by atoms with E-state index in [1.54, 1.807) is 30.3 Å². The fraction of sp³-hybridized carbons (Fsp3) is 0.350. The minimum absolute atomic E-state index is 0.0563. The Kier molecular flexibility index (Phi) is 5.44. The van der Waals surface area contributed by atoms with Crippen molar-refractivity contribution < 1.29 is 13.2 Å². The third-order valence-electron chi connectivity index (χ3n) is 4.93. The fourth-order valence-corrected chi connectivity index (χ4v) is 4.60. The Balaban J connectivity index is 1.85. The van der Waals surface area contributed by atoms with Crippen LogP contribution in [0.5, 0.6) is 0 Å². The van der Waals surface area contributed by atoms with Gasteiger partial charge in [0.05, 0.1) is 10.6 Å². The van der Waals surface area contributed by atoms with Crippen LogP contribution >= 0.6 is 0 Å². The largest absolute Gasteiger partial charge is 0.333 e. The molecule has 138 valence electrons. The maximum absolute atomic E-state index is 12.9. The van der Waals surface area contributed by atoms with Crippen molar-refractivity contribution in [2.75, 3.05) is 13.1 Å². The van der Waals surface area contributed by atoms with Crippen LogP contribution in [0.25, 0.3) is 0 Å². The van der Waals surface area contributed by atoms with E-state index in [4.69, 9.17) is 0 Å². The summed E-state index contributed by atoms with van der Waals surface area (Å²) < 4.78 is 25.5. The normalized spacial score (nSPS) is 20.8. The zero-order valence-corrected chi connectivity index (χ0v) is 15.9.